The SMILES string of the molecule is NC(=O)c1c(OC2CC2)cncc1C(F)(F)F. The number of hydrogen-bond donors (Lipinski definition) is 1. The highest BCUT2D eigenvalue weighted by Crippen LogP contribution is 2.36. The maximum absolute atomic E-state index is 12.6. The molecule has 4 nitrogen and oxygen atoms in total. The van der Waals surface area contributed by atoms with Crippen molar-refractivity contribution in [1.82, 2.24) is 4.98 Å². The maximum atomic E-state index is 12.6. The summed E-state index contributed by atoms with van der Waals surface area (Å²) < 4.78 is 43.1. The van der Waals surface area contributed by atoms with E-state index in [-0.39, 0.29) is 11.9 Å². The van der Waals surface area contributed by atoms with Crippen molar-refractivity contribution in [1.29, 1.82) is 0 Å². The summed E-state index contributed by atoms with van der Waals surface area (Å²) in [5.74, 6) is -1.37. The van der Waals surface area contributed by atoms with Gasteiger partial charge in [-0.3, -0.25) is 9.78 Å². The molecule has 1 aliphatic rings. The molecule has 0 saturated heterocycles. The zero-order valence-corrected chi connectivity index (χ0v) is 8.62. The van der Waals surface area contributed by atoms with Gasteiger partial charge in [0.15, 0.2) is 5.75 Å². The van der Waals surface area contributed by atoms with Crippen LogP contribution in [0, 0.1) is 0 Å². The number of amides is 1. The van der Waals surface area contributed by atoms with Crippen LogP contribution in [0.4, 0.5) is 13.2 Å². The Labute approximate surface area is 94.6 Å². The molecule has 2 rings (SSSR count). The van der Waals surface area contributed by atoms with Crippen LogP contribution in [-0.4, -0.2) is 17.0 Å². The molecule has 1 aliphatic carbocycles. The lowest BCUT2D eigenvalue weighted by Gasteiger charge is -2.14. The van der Waals surface area contributed by atoms with Crippen LogP contribution in [0.3, 0.4) is 0 Å². The van der Waals surface area contributed by atoms with Gasteiger partial charge in [0.05, 0.1) is 23.4 Å². The van der Waals surface area contributed by atoms with E-state index in [2.05, 4.69) is 4.98 Å². The van der Waals surface area contributed by atoms with E-state index in [1.54, 1.807) is 0 Å². The standard InChI is InChI=1S/C10H9F3N2O2/c11-10(12,13)6-3-15-4-7(8(6)9(14)16)17-5-1-2-5/h3-5H,1-2H2,(H2,14,16). The fourth-order valence-corrected chi connectivity index (χ4v) is 1.37. The molecule has 1 aromatic heterocycles. The minimum Gasteiger partial charge on any atom is -0.488 e. The predicted molar refractivity (Wildman–Crippen MR) is 51.4 cm³/mol. The van der Waals surface area contributed by atoms with Crippen LogP contribution >= 0.6 is 0 Å². The number of halogens is 3. The van der Waals surface area contributed by atoms with Gasteiger partial charge in [-0.15, -0.1) is 0 Å². The van der Waals surface area contributed by atoms with Crippen molar-refractivity contribution in [2.75, 3.05) is 0 Å². The van der Waals surface area contributed by atoms with E-state index in [9.17, 15) is 18.0 Å². The Kier molecular flexibility index (Phi) is 2.68. The number of carbonyl (C=O) groups is 1. The Morgan fingerprint density at radius 2 is 2.06 bits per heavy atom. The molecule has 0 aliphatic heterocycles. The van der Waals surface area contributed by atoms with Gasteiger partial charge in [0, 0.05) is 6.20 Å². The molecule has 1 fully saturated rings. The Balaban J connectivity index is 2.47. The van der Waals surface area contributed by atoms with Crippen LogP contribution in [0.25, 0.3) is 0 Å². The summed E-state index contributed by atoms with van der Waals surface area (Å²) in [5, 5.41) is 0. The van der Waals surface area contributed by atoms with Crippen molar-refractivity contribution in [3.8, 4) is 5.75 Å². The number of alkyl halides is 3. The molecule has 0 spiro atoms. The van der Waals surface area contributed by atoms with E-state index in [4.69, 9.17) is 10.5 Å². The normalized spacial score (nSPS) is 15.7. The first-order valence-corrected chi connectivity index (χ1v) is 4.91. The van der Waals surface area contributed by atoms with E-state index in [1.807, 2.05) is 0 Å². The smallest absolute Gasteiger partial charge is 0.418 e. The number of ether oxygens (including phenoxy) is 1. The second-order valence-electron chi connectivity index (χ2n) is 3.74. The van der Waals surface area contributed by atoms with Gasteiger partial charge in [0.2, 0.25) is 0 Å². The predicted octanol–water partition coefficient (Wildman–Crippen LogP) is 1.74. The second kappa shape index (κ2) is 3.90. The van der Waals surface area contributed by atoms with E-state index < -0.39 is 23.2 Å². The van der Waals surface area contributed by atoms with Gasteiger partial charge in [0.25, 0.3) is 5.91 Å². The maximum Gasteiger partial charge on any atom is 0.418 e. The van der Waals surface area contributed by atoms with Crippen molar-refractivity contribution < 1.29 is 22.7 Å². The summed E-state index contributed by atoms with van der Waals surface area (Å²) in [6.07, 6.45) is -1.66. The molecule has 0 aromatic carbocycles. The number of carbonyl (C=O) groups excluding carboxylic acids is 1. The van der Waals surface area contributed by atoms with E-state index >= 15 is 0 Å². The summed E-state index contributed by atoms with van der Waals surface area (Å²) in [6.45, 7) is 0. The fourth-order valence-electron chi connectivity index (χ4n) is 1.37. The highest BCUT2D eigenvalue weighted by atomic mass is 19.4. The van der Waals surface area contributed by atoms with Crippen LogP contribution in [0.1, 0.15) is 28.8 Å². The lowest BCUT2D eigenvalue weighted by Crippen LogP contribution is -2.21. The summed E-state index contributed by atoms with van der Waals surface area (Å²) in [6, 6.07) is 0. The number of pyridine rings is 1. The number of nitrogens with two attached hydrogens (primary N) is 1. The van der Waals surface area contributed by atoms with Gasteiger partial charge >= 0.3 is 6.18 Å². The third-order valence-corrected chi connectivity index (χ3v) is 2.28. The summed E-state index contributed by atoms with van der Waals surface area (Å²) in [7, 11) is 0. The van der Waals surface area contributed by atoms with Gasteiger partial charge in [-0.25, -0.2) is 0 Å². The molecule has 0 bridgehead atoms. The van der Waals surface area contributed by atoms with Gasteiger partial charge in [-0.1, -0.05) is 0 Å². The van der Waals surface area contributed by atoms with Crippen LogP contribution in [0.2, 0.25) is 0 Å². The third kappa shape index (κ3) is 2.48. The molecular weight excluding hydrogens is 237 g/mol. The Hall–Kier alpha value is -1.79. The van der Waals surface area contributed by atoms with Crippen molar-refractivity contribution in [3.63, 3.8) is 0 Å². The van der Waals surface area contributed by atoms with Gasteiger partial charge in [0.1, 0.15) is 0 Å². The van der Waals surface area contributed by atoms with Crippen molar-refractivity contribution >= 4 is 5.91 Å². The molecule has 17 heavy (non-hydrogen) atoms. The van der Waals surface area contributed by atoms with Crippen molar-refractivity contribution in [2.24, 2.45) is 5.73 Å². The van der Waals surface area contributed by atoms with E-state index in [1.165, 1.54) is 0 Å². The number of hydrogen-bond acceptors (Lipinski definition) is 3. The molecule has 92 valence electrons. The fraction of sp³-hybridized carbons (Fsp3) is 0.400. The summed E-state index contributed by atoms with van der Waals surface area (Å²) in [4.78, 5) is 14.5. The third-order valence-electron chi connectivity index (χ3n) is 2.28. The van der Waals surface area contributed by atoms with Crippen molar-refractivity contribution in [2.45, 2.75) is 25.1 Å². The molecule has 1 amide bonds. The van der Waals surface area contributed by atoms with Crippen LogP contribution in [0.5, 0.6) is 5.75 Å². The van der Waals surface area contributed by atoms with E-state index in [0.717, 1.165) is 19.0 Å². The minimum atomic E-state index is -4.68. The Morgan fingerprint density at radius 1 is 1.41 bits per heavy atom. The molecule has 2 N–H and O–H groups in total. The topological polar surface area (TPSA) is 65.2 Å². The lowest BCUT2D eigenvalue weighted by molar-refractivity contribution is -0.138. The summed E-state index contributed by atoms with van der Waals surface area (Å²) in [5.41, 5.74) is 3.14. The van der Waals surface area contributed by atoms with Gasteiger partial charge < -0.3 is 10.5 Å². The molecular formula is C10H9F3N2O2. The van der Waals surface area contributed by atoms with Crippen LogP contribution in [0.15, 0.2) is 12.4 Å². The Bertz CT molecular complexity index is 455. The zero-order valence-electron chi connectivity index (χ0n) is 8.62. The average Bonchev–Trinajstić information content (AvgIpc) is 2.99. The number of aromatic nitrogens is 1. The quantitative estimate of drug-likeness (QED) is 0.883. The van der Waals surface area contributed by atoms with E-state index in [0.29, 0.717) is 6.20 Å². The molecule has 1 saturated carbocycles. The molecule has 0 unspecified atom stereocenters. The molecule has 0 radical (unpaired) electrons. The van der Waals surface area contributed by atoms with Gasteiger partial charge in [-0.05, 0) is 12.8 Å². The second-order valence-corrected chi connectivity index (χ2v) is 3.74. The molecule has 1 aromatic rings. The van der Waals surface area contributed by atoms with Gasteiger partial charge in [-0.2, -0.15) is 13.2 Å². The molecule has 1 heterocycles. The largest absolute Gasteiger partial charge is 0.488 e. The average molecular weight is 246 g/mol. The minimum absolute atomic E-state index is 0.140. The number of nitrogens with zero attached hydrogens (tertiary/aromatic N) is 1. The first-order valence-electron chi connectivity index (χ1n) is 4.91. The first kappa shape index (κ1) is 11.7. The first-order chi connectivity index (χ1) is 7.89. The highest BCUT2D eigenvalue weighted by Gasteiger charge is 2.38. The molecule has 7 heteroatoms. The number of primary amides is 1. The zero-order chi connectivity index (χ0) is 12.6. The highest BCUT2D eigenvalue weighted by molar-refractivity contribution is 5.97. The number of rotatable bonds is 3. The summed E-state index contributed by atoms with van der Waals surface area (Å²) >= 11 is 0. The van der Waals surface area contributed by atoms with Crippen LogP contribution < -0.4 is 10.5 Å². The lowest BCUT2D eigenvalue weighted by atomic mass is 10.1. The van der Waals surface area contributed by atoms with Crippen molar-refractivity contribution in [3.05, 3.63) is 23.5 Å². The Morgan fingerprint density at radius 3 is 2.53 bits per heavy atom. The molecule has 0 atom stereocenters. The monoisotopic (exact) mass is 246 g/mol. The van der Waals surface area contributed by atoms with Crippen LogP contribution in [-0.2, 0) is 6.18 Å².